The molecule has 0 bridgehead atoms. The molecule has 0 saturated heterocycles. The first kappa shape index (κ1) is 17.2. The second-order valence-electron chi connectivity index (χ2n) is 5.10. The first-order valence-electron chi connectivity index (χ1n) is 6.69. The summed E-state index contributed by atoms with van der Waals surface area (Å²) >= 11 is 6.12. The van der Waals surface area contributed by atoms with Gasteiger partial charge in [0.25, 0.3) is 5.69 Å². The van der Waals surface area contributed by atoms with Gasteiger partial charge in [0.2, 0.25) is 0 Å². The highest BCUT2D eigenvalue weighted by molar-refractivity contribution is 7.90. The van der Waals surface area contributed by atoms with E-state index in [1.807, 2.05) is 19.1 Å². The van der Waals surface area contributed by atoms with Gasteiger partial charge in [0, 0.05) is 17.3 Å². The van der Waals surface area contributed by atoms with Crippen LogP contribution in [0.25, 0.3) is 0 Å². The second-order valence-corrected chi connectivity index (χ2v) is 7.52. The number of hydrogen-bond acceptors (Lipinski definition) is 5. The fourth-order valence-electron chi connectivity index (χ4n) is 2.15. The molecule has 0 fully saturated rings. The predicted octanol–water partition coefficient (Wildman–Crippen LogP) is 3.82. The van der Waals surface area contributed by atoms with Crippen LogP contribution in [0.1, 0.15) is 18.5 Å². The van der Waals surface area contributed by atoms with E-state index in [1.165, 1.54) is 12.1 Å². The number of nitro benzene ring substituents is 1. The lowest BCUT2D eigenvalue weighted by molar-refractivity contribution is -0.384. The Kier molecular flexibility index (Phi) is 4.91. The molecule has 8 heteroatoms. The van der Waals surface area contributed by atoms with Crippen molar-refractivity contribution >= 4 is 32.8 Å². The third kappa shape index (κ3) is 4.00. The maximum Gasteiger partial charge on any atom is 0.293 e. The van der Waals surface area contributed by atoms with Crippen LogP contribution in [0.3, 0.4) is 0 Å². The number of nitrogens with one attached hydrogen (secondary N) is 1. The van der Waals surface area contributed by atoms with Crippen molar-refractivity contribution in [1.29, 1.82) is 0 Å². The molecule has 0 aliphatic carbocycles. The first-order valence-corrected chi connectivity index (χ1v) is 8.96. The van der Waals surface area contributed by atoms with Gasteiger partial charge in [-0.15, -0.1) is 0 Å². The van der Waals surface area contributed by atoms with E-state index in [0.717, 1.165) is 17.9 Å². The molecule has 2 aromatic carbocycles. The van der Waals surface area contributed by atoms with Crippen molar-refractivity contribution in [3.05, 3.63) is 63.2 Å². The number of sulfone groups is 1. The highest BCUT2D eigenvalue weighted by Gasteiger charge is 2.20. The van der Waals surface area contributed by atoms with E-state index < -0.39 is 14.8 Å². The summed E-state index contributed by atoms with van der Waals surface area (Å²) in [4.78, 5) is 10.5. The minimum absolute atomic E-state index is 0.0971. The number of anilines is 1. The van der Waals surface area contributed by atoms with Gasteiger partial charge in [-0.3, -0.25) is 10.1 Å². The van der Waals surface area contributed by atoms with Gasteiger partial charge in [-0.05, 0) is 30.7 Å². The maximum absolute atomic E-state index is 11.5. The molecule has 0 aliphatic heterocycles. The van der Waals surface area contributed by atoms with Crippen LogP contribution < -0.4 is 5.32 Å². The number of nitro groups is 1. The van der Waals surface area contributed by atoms with Crippen LogP contribution in [-0.2, 0) is 9.84 Å². The molecule has 122 valence electrons. The molecule has 0 spiro atoms. The summed E-state index contributed by atoms with van der Waals surface area (Å²) in [6.07, 6.45) is 1.01. The normalized spacial score (nSPS) is 12.7. The lowest BCUT2D eigenvalue weighted by atomic mass is 10.1. The van der Waals surface area contributed by atoms with Crippen molar-refractivity contribution in [2.45, 2.75) is 17.9 Å². The number of benzene rings is 2. The summed E-state index contributed by atoms with van der Waals surface area (Å²) in [6.45, 7) is 1.81. The molecule has 2 aromatic rings. The topological polar surface area (TPSA) is 89.3 Å². The van der Waals surface area contributed by atoms with E-state index in [4.69, 9.17) is 11.6 Å². The van der Waals surface area contributed by atoms with Crippen LogP contribution in [0.2, 0.25) is 5.02 Å². The summed E-state index contributed by atoms with van der Waals surface area (Å²) in [5, 5.41) is 14.8. The average Bonchev–Trinajstić information content (AvgIpc) is 2.46. The van der Waals surface area contributed by atoms with Gasteiger partial charge in [0.15, 0.2) is 9.84 Å². The fourth-order valence-corrected chi connectivity index (χ4v) is 3.09. The molecule has 0 aliphatic rings. The zero-order chi connectivity index (χ0) is 17.2. The smallest absolute Gasteiger partial charge is 0.293 e. The van der Waals surface area contributed by atoms with E-state index in [-0.39, 0.29) is 22.3 Å². The lowest BCUT2D eigenvalue weighted by Crippen LogP contribution is -2.09. The van der Waals surface area contributed by atoms with Gasteiger partial charge in [0.1, 0.15) is 5.69 Å². The highest BCUT2D eigenvalue weighted by Crippen LogP contribution is 2.32. The molecule has 23 heavy (non-hydrogen) atoms. The quantitative estimate of drug-likeness (QED) is 0.651. The molecule has 0 aromatic heterocycles. The zero-order valence-electron chi connectivity index (χ0n) is 12.5. The van der Waals surface area contributed by atoms with Gasteiger partial charge >= 0.3 is 0 Å². The Labute approximate surface area is 139 Å². The summed E-state index contributed by atoms with van der Waals surface area (Å²) < 4.78 is 23.1. The van der Waals surface area contributed by atoms with Gasteiger partial charge in [0.05, 0.1) is 15.9 Å². The van der Waals surface area contributed by atoms with Gasteiger partial charge in [-0.1, -0.05) is 29.8 Å². The lowest BCUT2D eigenvalue weighted by Gasteiger charge is -2.17. The molecule has 0 radical (unpaired) electrons. The van der Waals surface area contributed by atoms with Crippen molar-refractivity contribution in [1.82, 2.24) is 0 Å². The van der Waals surface area contributed by atoms with Crippen LogP contribution in [0.15, 0.2) is 47.4 Å². The van der Waals surface area contributed by atoms with Crippen molar-refractivity contribution in [3.63, 3.8) is 0 Å². The van der Waals surface area contributed by atoms with Crippen molar-refractivity contribution in [2.24, 2.45) is 0 Å². The number of halogens is 1. The molecule has 2 rings (SSSR count). The van der Waals surface area contributed by atoms with E-state index in [9.17, 15) is 18.5 Å². The minimum Gasteiger partial charge on any atom is -0.373 e. The molecule has 6 nitrogen and oxygen atoms in total. The molecule has 1 N–H and O–H groups in total. The van der Waals surface area contributed by atoms with Gasteiger partial charge in [-0.25, -0.2) is 8.42 Å². The average molecular weight is 355 g/mol. The summed E-state index contributed by atoms with van der Waals surface area (Å²) in [6, 6.07) is 10.7. The predicted molar refractivity (Wildman–Crippen MR) is 89.7 cm³/mol. The fraction of sp³-hybridized carbons (Fsp3) is 0.200. The van der Waals surface area contributed by atoms with Crippen LogP contribution in [0.4, 0.5) is 11.4 Å². The van der Waals surface area contributed by atoms with Crippen LogP contribution >= 0.6 is 11.6 Å². The Morgan fingerprint density at radius 3 is 2.43 bits per heavy atom. The van der Waals surface area contributed by atoms with E-state index in [2.05, 4.69) is 5.32 Å². The van der Waals surface area contributed by atoms with Gasteiger partial charge in [-0.2, -0.15) is 0 Å². The maximum atomic E-state index is 11.5. The largest absolute Gasteiger partial charge is 0.373 e. The van der Waals surface area contributed by atoms with E-state index in [0.29, 0.717) is 5.02 Å². The van der Waals surface area contributed by atoms with Crippen molar-refractivity contribution < 1.29 is 13.3 Å². The highest BCUT2D eigenvalue weighted by atomic mass is 35.5. The van der Waals surface area contributed by atoms with Crippen LogP contribution in [-0.4, -0.2) is 19.6 Å². The second kappa shape index (κ2) is 6.55. The van der Waals surface area contributed by atoms with Gasteiger partial charge < -0.3 is 5.32 Å². The Hall–Kier alpha value is -2.12. The molecular formula is C15H15ClN2O4S. The minimum atomic E-state index is -3.52. The monoisotopic (exact) mass is 354 g/mol. The van der Waals surface area contributed by atoms with Crippen molar-refractivity contribution in [3.8, 4) is 0 Å². The Balaban J connectivity index is 2.40. The number of rotatable bonds is 5. The Bertz CT molecular complexity index is 852. The van der Waals surface area contributed by atoms with Crippen molar-refractivity contribution in [2.75, 3.05) is 11.6 Å². The summed E-state index contributed by atoms with van der Waals surface area (Å²) in [5.74, 6) is 0. The van der Waals surface area contributed by atoms with Crippen LogP contribution in [0, 0.1) is 10.1 Å². The number of hydrogen-bond donors (Lipinski definition) is 1. The third-order valence-corrected chi connectivity index (χ3v) is 4.79. The standard InChI is InChI=1S/C15H15ClN2O4S/c1-10(12-5-3-4-6-13(12)16)17-14-8-7-11(23(2,21)22)9-15(14)18(19)20/h3-10,17H,1-2H3. The summed E-state index contributed by atoms with van der Waals surface area (Å²) in [7, 11) is -3.52. The molecule has 1 atom stereocenters. The molecular weight excluding hydrogens is 340 g/mol. The molecule has 1 unspecified atom stereocenters. The van der Waals surface area contributed by atoms with Crippen LogP contribution in [0.5, 0.6) is 0 Å². The first-order chi connectivity index (χ1) is 10.7. The Morgan fingerprint density at radius 2 is 1.87 bits per heavy atom. The SMILES string of the molecule is CC(Nc1ccc(S(C)(=O)=O)cc1[N+](=O)[O-])c1ccccc1Cl. The number of nitrogens with zero attached hydrogens (tertiary/aromatic N) is 1. The van der Waals surface area contributed by atoms with E-state index in [1.54, 1.807) is 12.1 Å². The summed E-state index contributed by atoms with van der Waals surface area (Å²) in [5.41, 5.74) is 0.720. The van der Waals surface area contributed by atoms with E-state index >= 15 is 0 Å². The molecule has 0 amide bonds. The zero-order valence-corrected chi connectivity index (χ0v) is 14.1. The Morgan fingerprint density at radius 1 is 1.22 bits per heavy atom. The molecule has 0 saturated carbocycles. The molecule has 0 heterocycles. The third-order valence-electron chi connectivity index (χ3n) is 3.34.